The van der Waals surface area contributed by atoms with Gasteiger partial charge in [-0.05, 0) is 25.7 Å². The van der Waals surface area contributed by atoms with Crippen LogP contribution in [0.15, 0.2) is 0 Å². The largest absolute Gasteiger partial charge is 0.335 e. The Morgan fingerprint density at radius 2 is 1.92 bits per heavy atom. The van der Waals surface area contributed by atoms with Crippen molar-refractivity contribution in [3.63, 3.8) is 0 Å². The lowest BCUT2D eigenvalue weighted by atomic mass is 10.1. The molecule has 1 saturated carbocycles. The van der Waals surface area contributed by atoms with Crippen LogP contribution in [0.25, 0.3) is 0 Å². The van der Waals surface area contributed by atoms with Gasteiger partial charge in [-0.3, -0.25) is 10.2 Å². The fourth-order valence-corrected chi connectivity index (χ4v) is 2.37. The molecule has 1 N–H and O–H groups in total. The van der Waals surface area contributed by atoms with Gasteiger partial charge in [0, 0.05) is 12.6 Å². The fourth-order valence-electron chi connectivity index (χ4n) is 2.37. The van der Waals surface area contributed by atoms with E-state index in [0.29, 0.717) is 18.2 Å². The summed E-state index contributed by atoms with van der Waals surface area (Å²) in [6, 6.07) is 0.452. The number of nitrogens with zero attached hydrogens (tertiary/aromatic N) is 1. The van der Waals surface area contributed by atoms with E-state index >= 15 is 0 Å². The number of hydrogen-bond acceptors (Lipinski definition) is 2. The van der Waals surface area contributed by atoms with Crippen molar-refractivity contribution >= 4 is 11.6 Å². The molecule has 1 saturated heterocycles. The molecular weight excluding hydrogens is 164 g/mol. The van der Waals surface area contributed by atoms with E-state index in [2.05, 4.69) is 0 Å². The molecule has 2 rings (SSSR count). The molecule has 0 spiro atoms. The second kappa shape index (κ2) is 3.48. The van der Waals surface area contributed by atoms with Crippen LogP contribution in [-0.4, -0.2) is 29.1 Å². The monoisotopic (exact) mass is 180 g/mol. The maximum atomic E-state index is 11.6. The Bertz CT molecular complexity index is 231. The summed E-state index contributed by atoms with van der Waals surface area (Å²) in [5, 5.41) is 7.50. The normalized spacial score (nSPS) is 25.7. The zero-order valence-corrected chi connectivity index (χ0v) is 7.88. The van der Waals surface area contributed by atoms with Gasteiger partial charge in [0.25, 0.3) is 5.91 Å². The maximum Gasteiger partial charge on any atom is 0.267 e. The van der Waals surface area contributed by atoms with E-state index in [-0.39, 0.29) is 5.91 Å². The molecule has 1 amide bonds. The predicted molar refractivity (Wildman–Crippen MR) is 50.9 cm³/mol. The van der Waals surface area contributed by atoms with Crippen molar-refractivity contribution < 1.29 is 4.79 Å². The van der Waals surface area contributed by atoms with Gasteiger partial charge in [0.05, 0.1) is 5.71 Å². The van der Waals surface area contributed by atoms with Crippen LogP contribution < -0.4 is 0 Å². The second-order valence-corrected chi connectivity index (χ2v) is 4.02. The number of likely N-dealkylation sites (tertiary alicyclic amines) is 1. The van der Waals surface area contributed by atoms with Crippen LogP contribution in [0.5, 0.6) is 0 Å². The van der Waals surface area contributed by atoms with E-state index in [1.54, 1.807) is 0 Å². The summed E-state index contributed by atoms with van der Waals surface area (Å²) in [6.45, 7) is 0.881. The van der Waals surface area contributed by atoms with Crippen molar-refractivity contribution in [3.8, 4) is 0 Å². The van der Waals surface area contributed by atoms with Crippen LogP contribution in [-0.2, 0) is 4.79 Å². The number of nitrogens with one attached hydrogen (secondary N) is 1. The van der Waals surface area contributed by atoms with Crippen LogP contribution in [0.3, 0.4) is 0 Å². The van der Waals surface area contributed by atoms with Crippen molar-refractivity contribution in [2.45, 2.75) is 44.6 Å². The van der Waals surface area contributed by atoms with E-state index in [0.717, 1.165) is 25.8 Å². The predicted octanol–water partition coefficient (Wildman–Crippen LogP) is 1.57. The molecule has 13 heavy (non-hydrogen) atoms. The van der Waals surface area contributed by atoms with Gasteiger partial charge in [-0.25, -0.2) is 0 Å². The summed E-state index contributed by atoms with van der Waals surface area (Å²) < 4.78 is 0. The summed E-state index contributed by atoms with van der Waals surface area (Å²) in [7, 11) is 0. The van der Waals surface area contributed by atoms with Gasteiger partial charge in [0.15, 0.2) is 0 Å². The molecule has 1 aliphatic heterocycles. The summed E-state index contributed by atoms with van der Waals surface area (Å²) >= 11 is 0. The molecule has 1 aliphatic carbocycles. The minimum Gasteiger partial charge on any atom is -0.335 e. The van der Waals surface area contributed by atoms with Crippen LogP contribution in [0.1, 0.15) is 38.5 Å². The van der Waals surface area contributed by atoms with E-state index in [1.807, 2.05) is 4.90 Å². The first kappa shape index (κ1) is 8.73. The Balaban J connectivity index is 2.04. The quantitative estimate of drug-likeness (QED) is 0.654. The van der Waals surface area contributed by atoms with Gasteiger partial charge < -0.3 is 4.90 Å². The molecule has 0 unspecified atom stereocenters. The number of hydrogen-bond donors (Lipinski definition) is 1. The first-order valence-electron chi connectivity index (χ1n) is 5.17. The highest BCUT2D eigenvalue weighted by molar-refractivity contribution is 6.38. The fraction of sp³-hybridized carbons (Fsp3) is 0.800. The highest BCUT2D eigenvalue weighted by Crippen LogP contribution is 2.25. The lowest BCUT2D eigenvalue weighted by molar-refractivity contribution is -0.127. The Morgan fingerprint density at radius 1 is 1.23 bits per heavy atom. The maximum absolute atomic E-state index is 11.6. The van der Waals surface area contributed by atoms with Crippen molar-refractivity contribution in [2.75, 3.05) is 6.54 Å². The molecule has 0 aromatic carbocycles. The third-order valence-electron chi connectivity index (χ3n) is 3.11. The zero-order chi connectivity index (χ0) is 9.26. The summed E-state index contributed by atoms with van der Waals surface area (Å²) in [6.07, 6.45) is 6.48. The van der Waals surface area contributed by atoms with Gasteiger partial charge in [0.1, 0.15) is 0 Å². The summed E-state index contributed by atoms with van der Waals surface area (Å²) in [5.41, 5.74) is 0.318. The van der Waals surface area contributed by atoms with Crippen molar-refractivity contribution in [1.82, 2.24) is 4.90 Å². The molecule has 0 atom stereocenters. The summed E-state index contributed by atoms with van der Waals surface area (Å²) in [4.78, 5) is 13.5. The number of piperidine rings is 1. The SMILES string of the molecule is N=C1CCCN(C2CCCC2)C1=O. The Kier molecular flexibility index (Phi) is 2.34. The van der Waals surface area contributed by atoms with Gasteiger partial charge in [-0.15, -0.1) is 0 Å². The number of carbonyl (C=O) groups is 1. The first-order chi connectivity index (χ1) is 6.29. The van der Waals surface area contributed by atoms with Gasteiger partial charge in [0.2, 0.25) is 0 Å². The number of rotatable bonds is 1. The molecule has 2 fully saturated rings. The molecule has 2 aliphatic rings. The van der Waals surface area contributed by atoms with Gasteiger partial charge in [-0.1, -0.05) is 12.8 Å². The van der Waals surface area contributed by atoms with Crippen LogP contribution in [0.4, 0.5) is 0 Å². The molecule has 3 nitrogen and oxygen atoms in total. The third-order valence-corrected chi connectivity index (χ3v) is 3.11. The Hall–Kier alpha value is -0.860. The van der Waals surface area contributed by atoms with E-state index in [4.69, 9.17) is 5.41 Å². The molecule has 0 bridgehead atoms. The molecule has 0 aromatic heterocycles. The van der Waals surface area contributed by atoms with Crippen molar-refractivity contribution in [3.05, 3.63) is 0 Å². The molecule has 3 heteroatoms. The highest BCUT2D eigenvalue weighted by Gasteiger charge is 2.30. The molecule has 0 aromatic rings. The topological polar surface area (TPSA) is 44.2 Å². The first-order valence-corrected chi connectivity index (χ1v) is 5.17. The molecule has 0 radical (unpaired) electrons. The minimum absolute atomic E-state index is 0.00171. The third kappa shape index (κ3) is 1.60. The molecular formula is C10H16N2O. The standard InChI is InChI=1S/C10H16N2O/c11-9-6-3-7-12(10(9)13)8-4-1-2-5-8/h8,11H,1-7H2. The highest BCUT2D eigenvalue weighted by atomic mass is 16.2. The van der Waals surface area contributed by atoms with E-state index in [1.165, 1.54) is 12.8 Å². The van der Waals surface area contributed by atoms with Crippen LogP contribution in [0, 0.1) is 5.41 Å². The Labute approximate surface area is 78.6 Å². The van der Waals surface area contributed by atoms with E-state index in [9.17, 15) is 4.79 Å². The lowest BCUT2D eigenvalue weighted by Crippen LogP contribution is -2.46. The van der Waals surface area contributed by atoms with E-state index < -0.39 is 0 Å². The average Bonchev–Trinajstić information content (AvgIpc) is 2.62. The van der Waals surface area contributed by atoms with Crippen molar-refractivity contribution in [1.29, 1.82) is 5.41 Å². The lowest BCUT2D eigenvalue weighted by Gasteiger charge is -2.32. The minimum atomic E-state index is -0.00171. The smallest absolute Gasteiger partial charge is 0.267 e. The average molecular weight is 180 g/mol. The molecule has 1 heterocycles. The van der Waals surface area contributed by atoms with Gasteiger partial charge >= 0.3 is 0 Å². The van der Waals surface area contributed by atoms with Gasteiger partial charge in [-0.2, -0.15) is 0 Å². The van der Waals surface area contributed by atoms with Crippen molar-refractivity contribution in [2.24, 2.45) is 0 Å². The van der Waals surface area contributed by atoms with Crippen LogP contribution >= 0.6 is 0 Å². The molecule has 72 valence electrons. The number of amides is 1. The van der Waals surface area contributed by atoms with Crippen LogP contribution in [0.2, 0.25) is 0 Å². The second-order valence-electron chi connectivity index (χ2n) is 4.02. The zero-order valence-electron chi connectivity index (χ0n) is 7.88. The Morgan fingerprint density at radius 3 is 2.62 bits per heavy atom. The summed E-state index contributed by atoms with van der Waals surface area (Å²) in [5.74, 6) is -0.00171. The number of carbonyl (C=O) groups excluding carboxylic acids is 1.